The van der Waals surface area contributed by atoms with Crippen LogP contribution in [0.1, 0.15) is 24.2 Å². The minimum Gasteiger partial charge on any atom is -0.394 e. The topological polar surface area (TPSA) is 168 Å². The highest BCUT2D eigenvalue weighted by molar-refractivity contribution is 7.81. The fourth-order valence-electron chi connectivity index (χ4n) is 1.63. The Kier molecular flexibility index (Phi) is 10.2. The van der Waals surface area contributed by atoms with Crippen LogP contribution in [0.5, 0.6) is 0 Å². The van der Waals surface area contributed by atoms with Gasteiger partial charge in [0.1, 0.15) is 12.7 Å². The molecular weight excluding hydrogens is 368 g/mol. The van der Waals surface area contributed by atoms with E-state index in [0.29, 0.717) is 17.5 Å². The van der Waals surface area contributed by atoms with Gasteiger partial charge < -0.3 is 10.2 Å². The van der Waals surface area contributed by atoms with Gasteiger partial charge in [0.15, 0.2) is 0 Å². The highest BCUT2D eigenvalue weighted by atomic mass is 32.3. The minimum absolute atomic E-state index is 0.125. The first-order valence-corrected chi connectivity index (χ1v) is 9.34. The van der Waals surface area contributed by atoms with Crippen LogP contribution in [0.15, 0.2) is 24.3 Å². The monoisotopic (exact) mass is 388 g/mol. The van der Waals surface area contributed by atoms with E-state index in [-0.39, 0.29) is 13.2 Å². The predicted molar refractivity (Wildman–Crippen MR) is 82.9 cm³/mol. The van der Waals surface area contributed by atoms with Gasteiger partial charge in [-0.25, -0.2) is 8.37 Å². The van der Waals surface area contributed by atoms with E-state index in [1.54, 1.807) is 25.1 Å². The first-order chi connectivity index (χ1) is 11.0. The third kappa shape index (κ3) is 10.6. The highest BCUT2D eigenvalue weighted by Gasteiger charge is 2.24. The van der Waals surface area contributed by atoms with E-state index >= 15 is 0 Å². The second-order valence-electron chi connectivity index (χ2n) is 4.22. The SMILES string of the molecule is CCc1ccccc1C(COS(=O)(=O)O)OS(=O)(=O)O.OCCO. The van der Waals surface area contributed by atoms with E-state index in [1.165, 1.54) is 6.07 Å². The van der Waals surface area contributed by atoms with Crippen molar-refractivity contribution in [1.29, 1.82) is 0 Å². The van der Waals surface area contributed by atoms with Crippen LogP contribution in [0.2, 0.25) is 0 Å². The second-order valence-corrected chi connectivity index (χ2v) is 6.36. The summed E-state index contributed by atoms with van der Waals surface area (Å²) in [4.78, 5) is 0. The van der Waals surface area contributed by atoms with Crippen molar-refractivity contribution in [3.63, 3.8) is 0 Å². The Morgan fingerprint density at radius 1 is 1.00 bits per heavy atom. The Labute approximate surface area is 140 Å². The van der Waals surface area contributed by atoms with Gasteiger partial charge in [0.25, 0.3) is 0 Å². The van der Waals surface area contributed by atoms with Gasteiger partial charge in [-0.1, -0.05) is 31.2 Å². The van der Waals surface area contributed by atoms with E-state index in [4.69, 9.17) is 19.3 Å². The zero-order valence-corrected chi connectivity index (χ0v) is 14.4. The molecule has 0 saturated carbocycles. The maximum absolute atomic E-state index is 10.8. The molecule has 1 unspecified atom stereocenters. The molecule has 1 rings (SSSR count). The van der Waals surface area contributed by atoms with Crippen molar-refractivity contribution in [1.82, 2.24) is 0 Å². The van der Waals surface area contributed by atoms with Crippen LogP contribution in [0, 0.1) is 0 Å². The quantitative estimate of drug-likeness (QED) is 0.441. The van der Waals surface area contributed by atoms with Crippen LogP contribution in [-0.2, 0) is 35.6 Å². The number of aliphatic hydroxyl groups excluding tert-OH is 2. The zero-order valence-electron chi connectivity index (χ0n) is 12.8. The Hall–Kier alpha value is -1.12. The number of aliphatic hydroxyl groups is 2. The molecule has 1 atom stereocenters. The van der Waals surface area contributed by atoms with Gasteiger partial charge in [0, 0.05) is 0 Å². The molecule has 140 valence electrons. The van der Waals surface area contributed by atoms with Crippen LogP contribution < -0.4 is 0 Å². The molecule has 0 fully saturated rings. The van der Waals surface area contributed by atoms with Crippen LogP contribution in [0.3, 0.4) is 0 Å². The van der Waals surface area contributed by atoms with Crippen LogP contribution >= 0.6 is 0 Å². The van der Waals surface area contributed by atoms with Gasteiger partial charge in [0.05, 0.1) is 13.2 Å². The zero-order chi connectivity index (χ0) is 18.8. The van der Waals surface area contributed by atoms with Crippen molar-refractivity contribution in [2.75, 3.05) is 19.8 Å². The molecule has 0 bridgehead atoms. The van der Waals surface area contributed by atoms with Crippen molar-refractivity contribution in [3.05, 3.63) is 35.4 Å². The summed E-state index contributed by atoms with van der Waals surface area (Å²) in [7, 11) is -9.58. The first kappa shape index (κ1) is 22.9. The molecule has 0 aliphatic carbocycles. The first-order valence-electron chi connectivity index (χ1n) is 6.61. The van der Waals surface area contributed by atoms with Gasteiger partial charge in [-0.2, -0.15) is 16.8 Å². The van der Waals surface area contributed by atoms with E-state index in [2.05, 4.69) is 8.37 Å². The number of benzene rings is 1. The van der Waals surface area contributed by atoms with Gasteiger partial charge >= 0.3 is 20.8 Å². The van der Waals surface area contributed by atoms with Crippen LogP contribution in [-0.4, -0.2) is 56.0 Å². The molecule has 0 spiro atoms. The average molecular weight is 388 g/mol. The van der Waals surface area contributed by atoms with Gasteiger partial charge in [0.2, 0.25) is 0 Å². The molecule has 0 radical (unpaired) electrons. The smallest absolute Gasteiger partial charge is 0.394 e. The average Bonchev–Trinajstić information content (AvgIpc) is 2.49. The molecule has 10 nitrogen and oxygen atoms in total. The summed E-state index contributed by atoms with van der Waals surface area (Å²) in [6, 6.07) is 6.48. The standard InChI is InChI=1S/C10H14O8S2.C2H6O2/c1-2-8-5-3-4-6-9(8)10(18-20(14,15)16)7-17-19(11,12)13;3-1-2-4/h3-6,10H,2,7H2,1H3,(H,11,12,13)(H,14,15,16);3-4H,1-2H2. The Balaban J connectivity index is 0.00000118. The lowest BCUT2D eigenvalue weighted by Gasteiger charge is -2.17. The van der Waals surface area contributed by atoms with E-state index < -0.39 is 33.5 Å². The summed E-state index contributed by atoms with van der Waals surface area (Å²) in [5.74, 6) is 0. The van der Waals surface area contributed by atoms with Crippen molar-refractivity contribution in [2.24, 2.45) is 0 Å². The molecule has 0 saturated heterocycles. The number of rotatable bonds is 8. The number of aryl methyl sites for hydroxylation is 1. The van der Waals surface area contributed by atoms with Crippen molar-refractivity contribution >= 4 is 20.8 Å². The molecule has 0 aromatic heterocycles. The maximum Gasteiger partial charge on any atom is 0.398 e. The van der Waals surface area contributed by atoms with E-state index in [9.17, 15) is 16.8 Å². The summed E-state index contributed by atoms with van der Waals surface area (Å²) in [5, 5.41) is 15.2. The van der Waals surface area contributed by atoms with Gasteiger partial charge in [-0.05, 0) is 17.5 Å². The Bertz CT molecular complexity index is 682. The minimum atomic E-state index is -4.82. The second kappa shape index (κ2) is 10.7. The molecule has 12 heteroatoms. The molecule has 1 aromatic carbocycles. The predicted octanol–water partition coefficient (Wildman–Crippen LogP) is -0.100. The molecule has 24 heavy (non-hydrogen) atoms. The Morgan fingerprint density at radius 2 is 1.54 bits per heavy atom. The summed E-state index contributed by atoms with van der Waals surface area (Å²) in [6.45, 7) is 0.753. The van der Waals surface area contributed by atoms with Crippen molar-refractivity contribution in [3.8, 4) is 0 Å². The third-order valence-corrected chi connectivity index (χ3v) is 3.40. The number of hydrogen-bond acceptors (Lipinski definition) is 8. The molecule has 1 aromatic rings. The van der Waals surface area contributed by atoms with Crippen molar-refractivity contribution in [2.45, 2.75) is 19.4 Å². The third-order valence-electron chi connectivity index (χ3n) is 2.49. The van der Waals surface area contributed by atoms with Crippen molar-refractivity contribution < 1.29 is 44.5 Å². The summed E-state index contributed by atoms with van der Waals surface area (Å²) in [6.07, 6.45) is -0.879. The molecule has 0 amide bonds. The summed E-state index contributed by atoms with van der Waals surface area (Å²) >= 11 is 0. The largest absolute Gasteiger partial charge is 0.398 e. The molecule has 4 N–H and O–H groups in total. The lowest BCUT2D eigenvalue weighted by atomic mass is 10.0. The number of hydrogen-bond donors (Lipinski definition) is 4. The van der Waals surface area contributed by atoms with Crippen LogP contribution in [0.4, 0.5) is 0 Å². The maximum atomic E-state index is 10.8. The lowest BCUT2D eigenvalue weighted by Crippen LogP contribution is -2.19. The molecular formula is C12H20O10S2. The fourth-order valence-corrected chi connectivity index (χ4v) is 2.38. The highest BCUT2D eigenvalue weighted by Crippen LogP contribution is 2.24. The summed E-state index contributed by atoms with van der Waals surface area (Å²) in [5.41, 5.74) is 1.01. The van der Waals surface area contributed by atoms with Gasteiger partial charge in [-0.15, -0.1) is 0 Å². The Morgan fingerprint density at radius 3 is 1.96 bits per heavy atom. The normalized spacial score (nSPS) is 13.0. The molecule has 0 aliphatic rings. The molecule has 0 heterocycles. The van der Waals surface area contributed by atoms with Crippen LogP contribution in [0.25, 0.3) is 0 Å². The van der Waals surface area contributed by atoms with Gasteiger partial charge in [-0.3, -0.25) is 9.11 Å². The summed E-state index contributed by atoms with van der Waals surface area (Å²) < 4.78 is 68.5. The fraction of sp³-hybridized carbons (Fsp3) is 0.500. The lowest BCUT2D eigenvalue weighted by molar-refractivity contribution is 0.114. The molecule has 0 aliphatic heterocycles. The van der Waals surface area contributed by atoms with E-state index in [0.717, 1.165) is 0 Å². The van der Waals surface area contributed by atoms with E-state index in [1.807, 2.05) is 0 Å².